The molecule has 0 aliphatic rings. The number of nitrogens with one attached hydrogen (secondary N) is 2. The Kier molecular flexibility index (Phi) is 12.3. The topological polar surface area (TPSA) is 95.8 Å². The fraction of sp³-hybridized carbons (Fsp3) is 0.500. The van der Waals surface area contributed by atoms with Gasteiger partial charge in [-0.2, -0.15) is 13.2 Å². The number of aliphatic imine (C=N–C) groups is 1. The fourth-order valence-electron chi connectivity index (χ4n) is 2.91. The molecule has 0 aromatic carbocycles. The highest BCUT2D eigenvalue weighted by Gasteiger charge is 2.27. The fourth-order valence-corrected chi connectivity index (χ4v) is 4.86. The van der Waals surface area contributed by atoms with E-state index in [9.17, 15) is 22.5 Å². The Hall–Kier alpha value is -2.21. The van der Waals surface area contributed by atoms with E-state index in [4.69, 9.17) is 4.74 Å². The number of nitrogens with zero attached hydrogens (tertiary/aromatic N) is 2. The third-order valence-corrected chi connectivity index (χ3v) is 7.38. The Morgan fingerprint density at radius 2 is 2.15 bits per heavy atom. The predicted octanol–water partition coefficient (Wildman–Crippen LogP) is 2.67. The van der Waals surface area contributed by atoms with Crippen molar-refractivity contribution in [1.82, 2.24) is 15.6 Å². The summed E-state index contributed by atoms with van der Waals surface area (Å²) in [5, 5.41) is 15.1. The summed E-state index contributed by atoms with van der Waals surface area (Å²) in [5.41, 5.74) is 0.584. The average Bonchev–Trinajstić information content (AvgIpc) is 2.76. The normalized spacial score (nSPS) is 16.4. The molecule has 0 saturated carbocycles. The second kappa shape index (κ2) is 14.1. The third-order valence-electron chi connectivity index (χ3n) is 4.69. The summed E-state index contributed by atoms with van der Waals surface area (Å²) in [6.45, 7) is 4.82. The summed E-state index contributed by atoms with van der Waals surface area (Å²) in [4.78, 5) is 8.52. The Labute approximate surface area is 193 Å². The lowest BCUT2D eigenvalue weighted by Gasteiger charge is -2.21. The van der Waals surface area contributed by atoms with Crippen LogP contribution in [0.5, 0.6) is 0 Å². The van der Waals surface area contributed by atoms with E-state index in [1.807, 2.05) is 6.92 Å². The van der Waals surface area contributed by atoms with E-state index < -0.39 is 28.5 Å². The van der Waals surface area contributed by atoms with Crippen molar-refractivity contribution < 1.29 is 27.2 Å². The summed E-state index contributed by atoms with van der Waals surface area (Å²) >= 11 is 0. The minimum absolute atomic E-state index is 0.0879. The van der Waals surface area contributed by atoms with Crippen molar-refractivity contribution in [3.05, 3.63) is 48.5 Å². The van der Waals surface area contributed by atoms with Crippen molar-refractivity contribution in [3.8, 4) is 0 Å². The largest absolute Gasteiger partial charge is 0.488 e. The van der Waals surface area contributed by atoms with Crippen molar-refractivity contribution in [2.24, 2.45) is 4.99 Å². The molecular weight excluding hydrogens is 457 g/mol. The van der Waals surface area contributed by atoms with Gasteiger partial charge < -0.3 is 15.2 Å². The number of ether oxygens (including phenoxy) is 1. The standard InChI is InChI=1S/C22H33F3N4O3S/c1-5-7-20(32-13-12-26-3)21(30)29-14-17-8-9-19(15-28-17)33(4,31)18(6-2)10-11-27-16-22(23,24)25/h5,7-9,12,15,18,21,27,29-30H,1,4,6,10-11,13-14,16H2,2-3H3/b20-7-,26-12?. The lowest BCUT2D eigenvalue weighted by atomic mass is 10.2. The number of hydrogen-bond acceptors (Lipinski definition) is 7. The summed E-state index contributed by atoms with van der Waals surface area (Å²) in [6.07, 6.45) is 1.45. The molecule has 0 aliphatic heterocycles. The Bertz CT molecular complexity index is 885. The van der Waals surface area contributed by atoms with Crippen molar-refractivity contribution in [2.75, 3.05) is 26.7 Å². The Morgan fingerprint density at radius 1 is 1.42 bits per heavy atom. The van der Waals surface area contributed by atoms with Crippen LogP contribution in [-0.2, 0) is 20.8 Å². The Balaban J connectivity index is 2.72. The predicted molar refractivity (Wildman–Crippen MR) is 127 cm³/mol. The maximum atomic E-state index is 13.3. The number of aliphatic hydroxyl groups is 1. The van der Waals surface area contributed by atoms with Gasteiger partial charge in [-0.1, -0.05) is 19.6 Å². The minimum Gasteiger partial charge on any atom is -0.488 e. The first-order valence-electron chi connectivity index (χ1n) is 10.4. The van der Waals surface area contributed by atoms with Crippen molar-refractivity contribution in [2.45, 2.75) is 48.9 Å². The number of halogens is 3. The average molecular weight is 491 g/mol. The Morgan fingerprint density at radius 3 is 2.70 bits per heavy atom. The van der Waals surface area contributed by atoms with Gasteiger partial charge >= 0.3 is 6.18 Å². The lowest BCUT2D eigenvalue weighted by molar-refractivity contribution is -0.124. The molecule has 3 atom stereocenters. The van der Waals surface area contributed by atoms with Crippen LogP contribution in [0.25, 0.3) is 0 Å². The molecule has 186 valence electrons. The van der Waals surface area contributed by atoms with Crippen LogP contribution in [0, 0.1) is 0 Å². The number of aliphatic hydroxyl groups excluding tert-OH is 1. The maximum Gasteiger partial charge on any atom is 0.401 e. The molecule has 1 aromatic rings. The van der Waals surface area contributed by atoms with Gasteiger partial charge in [0.05, 0.1) is 12.2 Å². The molecule has 1 aromatic heterocycles. The molecule has 0 saturated heterocycles. The highest BCUT2D eigenvalue weighted by molar-refractivity contribution is 8.00. The minimum atomic E-state index is -4.28. The van der Waals surface area contributed by atoms with Crippen molar-refractivity contribution in [3.63, 3.8) is 0 Å². The molecule has 0 amide bonds. The summed E-state index contributed by atoms with van der Waals surface area (Å²) < 4.78 is 55.6. The second-order valence-corrected chi connectivity index (χ2v) is 9.75. The van der Waals surface area contributed by atoms with Gasteiger partial charge in [0, 0.05) is 45.7 Å². The zero-order chi connectivity index (χ0) is 24.9. The lowest BCUT2D eigenvalue weighted by Crippen LogP contribution is -2.32. The number of pyridine rings is 1. The second-order valence-electron chi connectivity index (χ2n) is 7.16. The third kappa shape index (κ3) is 10.5. The van der Waals surface area contributed by atoms with Gasteiger partial charge in [0.1, 0.15) is 12.4 Å². The number of alkyl halides is 3. The van der Waals surface area contributed by atoms with Crippen LogP contribution in [0.1, 0.15) is 25.5 Å². The molecule has 0 bridgehead atoms. The summed E-state index contributed by atoms with van der Waals surface area (Å²) in [5.74, 6) is 4.13. The molecule has 33 heavy (non-hydrogen) atoms. The van der Waals surface area contributed by atoms with Crippen LogP contribution in [0.2, 0.25) is 0 Å². The van der Waals surface area contributed by atoms with E-state index in [0.29, 0.717) is 23.4 Å². The molecule has 11 heteroatoms. The molecule has 0 spiro atoms. The van der Waals surface area contributed by atoms with E-state index >= 15 is 0 Å². The molecule has 7 nitrogen and oxygen atoms in total. The van der Waals surface area contributed by atoms with E-state index in [-0.39, 0.29) is 30.7 Å². The van der Waals surface area contributed by atoms with Gasteiger partial charge in [-0.15, -0.1) is 0 Å². The summed E-state index contributed by atoms with van der Waals surface area (Å²) in [6, 6.07) is 3.31. The van der Waals surface area contributed by atoms with Crippen LogP contribution < -0.4 is 10.6 Å². The van der Waals surface area contributed by atoms with Gasteiger partial charge in [-0.25, -0.2) is 0 Å². The molecule has 0 fully saturated rings. The SMILES string of the molecule is C=C/C=C(\OCC=NC)C(O)NCc1ccc(S(=C)(=O)C(CC)CCNCC(F)(F)F)cn1. The van der Waals surface area contributed by atoms with Gasteiger partial charge in [0.2, 0.25) is 0 Å². The van der Waals surface area contributed by atoms with Crippen LogP contribution >= 0.6 is 0 Å². The number of hydrogen-bond donors (Lipinski definition) is 3. The highest BCUT2D eigenvalue weighted by Crippen LogP contribution is 2.21. The van der Waals surface area contributed by atoms with Crippen molar-refractivity contribution >= 4 is 21.6 Å². The van der Waals surface area contributed by atoms with E-state index in [1.54, 1.807) is 25.4 Å². The molecule has 3 N–H and O–H groups in total. The first-order chi connectivity index (χ1) is 15.5. The van der Waals surface area contributed by atoms with Gasteiger partial charge in [0.15, 0.2) is 6.23 Å². The van der Waals surface area contributed by atoms with Crippen LogP contribution in [0.4, 0.5) is 13.2 Å². The molecule has 0 aliphatic carbocycles. The zero-order valence-corrected chi connectivity index (χ0v) is 19.8. The van der Waals surface area contributed by atoms with E-state index in [1.165, 1.54) is 18.3 Å². The van der Waals surface area contributed by atoms with Gasteiger partial charge in [-0.05, 0) is 43.5 Å². The molecule has 0 radical (unpaired) electrons. The number of aromatic nitrogens is 1. The molecular formula is C22H33F3N4O3S. The highest BCUT2D eigenvalue weighted by atomic mass is 32.2. The van der Waals surface area contributed by atoms with Crippen molar-refractivity contribution in [1.29, 1.82) is 0 Å². The molecule has 1 rings (SSSR count). The van der Waals surface area contributed by atoms with E-state index in [2.05, 4.69) is 33.1 Å². The van der Waals surface area contributed by atoms with Crippen LogP contribution in [0.15, 0.2) is 52.7 Å². The van der Waals surface area contributed by atoms with Gasteiger partial charge in [0.25, 0.3) is 0 Å². The first kappa shape index (κ1) is 28.8. The summed E-state index contributed by atoms with van der Waals surface area (Å²) in [7, 11) is -1.14. The number of allylic oxidation sites excluding steroid dienone is 2. The van der Waals surface area contributed by atoms with Crippen LogP contribution in [-0.4, -0.2) is 70.8 Å². The molecule has 3 unspecified atom stereocenters. The quantitative estimate of drug-likeness (QED) is 0.0874. The van der Waals surface area contributed by atoms with Gasteiger partial charge in [-0.3, -0.25) is 19.5 Å². The van der Waals surface area contributed by atoms with Crippen LogP contribution in [0.3, 0.4) is 0 Å². The maximum absolute atomic E-state index is 13.3. The van der Waals surface area contributed by atoms with E-state index in [0.717, 1.165) is 0 Å². The zero-order valence-electron chi connectivity index (χ0n) is 19.0. The first-order valence-corrected chi connectivity index (χ1v) is 12.2. The monoisotopic (exact) mass is 490 g/mol. The smallest absolute Gasteiger partial charge is 0.401 e. The molecule has 1 heterocycles. The number of rotatable bonds is 15.